The number of halogens is 1. The van der Waals surface area contributed by atoms with Crippen molar-refractivity contribution >= 4 is 34.7 Å². The van der Waals surface area contributed by atoms with Crippen LogP contribution in [0.5, 0.6) is 11.5 Å². The lowest BCUT2D eigenvalue weighted by Gasteiger charge is -2.25. The normalized spacial score (nSPS) is 14.6. The van der Waals surface area contributed by atoms with E-state index in [2.05, 4.69) is 45.3 Å². The lowest BCUT2D eigenvalue weighted by Crippen LogP contribution is -2.42. The largest absolute Gasteiger partial charge is 0.490 e. The number of benzene rings is 2. The third-order valence-corrected chi connectivity index (χ3v) is 5.17. The topological polar surface area (TPSA) is 72.4 Å². The van der Waals surface area contributed by atoms with E-state index in [0.29, 0.717) is 44.5 Å². The molecule has 2 aromatic carbocycles. The summed E-state index contributed by atoms with van der Waals surface area (Å²) in [5, 5.41) is 4.06. The SMILES string of the molecule is CCOc1cc(/C=N/NC(=O)CN2CCOCC2)ccc1OCc1ccc(I)cc1. The molecule has 1 aliphatic heterocycles. The van der Waals surface area contributed by atoms with E-state index in [1.54, 1.807) is 6.21 Å². The minimum Gasteiger partial charge on any atom is -0.490 e. The van der Waals surface area contributed by atoms with Crippen LogP contribution in [-0.4, -0.2) is 56.5 Å². The number of carbonyl (C=O) groups excluding carboxylic acids is 1. The Balaban J connectivity index is 1.55. The molecule has 0 aromatic heterocycles. The fourth-order valence-electron chi connectivity index (χ4n) is 2.91. The Hall–Kier alpha value is -2.17. The van der Waals surface area contributed by atoms with Crippen LogP contribution in [0.25, 0.3) is 0 Å². The summed E-state index contributed by atoms with van der Waals surface area (Å²) in [5.74, 6) is 1.17. The summed E-state index contributed by atoms with van der Waals surface area (Å²) >= 11 is 2.28. The van der Waals surface area contributed by atoms with Crippen molar-refractivity contribution in [2.75, 3.05) is 39.5 Å². The molecule has 30 heavy (non-hydrogen) atoms. The first-order valence-electron chi connectivity index (χ1n) is 9.90. The molecule has 2 aromatic rings. The van der Waals surface area contributed by atoms with E-state index in [1.807, 2.05) is 42.2 Å². The number of nitrogens with one attached hydrogen (secondary N) is 1. The summed E-state index contributed by atoms with van der Waals surface area (Å²) < 4.78 is 18.1. The van der Waals surface area contributed by atoms with Crippen molar-refractivity contribution in [3.05, 3.63) is 57.2 Å². The van der Waals surface area contributed by atoms with Gasteiger partial charge in [0.1, 0.15) is 6.61 Å². The maximum Gasteiger partial charge on any atom is 0.254 e. The highest BCUT2D eigenvalue weighted by atomic mass is 127. The molecule has 1 aliphatic rings. The molecule has 1 heterocycles. The monoisotopic (exact) mass is 523 g/mol. The zero-order valence-corrected chi connectivity index (χ0v) is 19.1. The van der Waals surface area contributed by atoms with E-state index in [0.717, 1.165) is 24.2 Å². The second-order valence-corrected chi connectivity index (χ2v) is 7.98. The molecule has 0 spiro atoms. The van der Waals surface area contributed by atoms with E-state index in [-0.39, 0.29) is 5.91 Å². The first-order valence-corrected chi connectivity index (χ1v) is 11.0. The fourth-order valence-corrected chi connectivity index (χ4v) is 3.27. The molecule has 0 unspecified atom stereocenters. The average Bonchev–Trinajstić information content (AvgIpc) is 2.75. The molecule has 0 radical (unpaired) electrons. The van der Waals surface area contributed by atoms with E-state index in [4.69, 9.17) is 14.2 Å². The van der Waals surface area contributed by atoms with Crippen molar-refractivity contribution in [2.24, 2.45) is 5.10 Å². The molecule has 0 atom stereocenters. The van der Waals surface area contributed by atoms with Gasteiger partial charge in [-0.25, -0.2) is 5.43 Å². The van der Waals surface area contributed by atoms with Crippen molar-refractivity contribution in [1.82, 2.24) is 10.3 Å². The first-order chi connectivity index (χ1) is 14.6. The molecular formula is C22H26IN3O4. The molecule has 3 rings (SSSR count). The number of carbonyl (C=O) groups is 1. The van der Waals surface area contributed by atoms with Crippen molar-refractivity contribution in [3.8, 4) is 11.5 Å². The number of ether oxygens (including phenoxy) is 3. The molecule has 1 fully saturated rings. The maximum absolute atomic E-state index is 12.0. The molecule has 0 saturated carbocycles. The van der Waals surface area contributed by atoms with Gasteiger partial charge in [-0.3, -0.25) is 9.69 Å². The van der Waals surface area contributed by atoms with Gasteiger partial charge in [-0.2, -0.15) is 5.10 Å². The molecule has 7 nitrogen and oxygen atoms in total. The lowest BCUT2D eigenvalue weighted by molar-refractivity contribution is -0.123. The number of amides is 1. The van der Waals surface area contributed by atoms with Gasteiger partial charge in [0.15, 0.2) is 11.5 Å². The number of nitrogens with zero attached hydrogens (tertiary/aromatic N) is 2. The van der Waals surface area contributed by atoms with Gasteiger partial charge in [-0.15, -0.1) is 0 Å². The van der Waals surface area contributed by atoms with Crippen LogP contribution >= 0.6 is 22.6 Å². The molecule has 0 bridgehead atoms. The number of hydrazone groups is 1. The highest BCUT2D eigenvalue weighted by molar-refractivity contribution is 14.1. The van der Waals surface area contributed by atoms with E-state index in [1.165, 1.54) is 3.57 Å². The average molecular weight is 523 g/mol. The van der Waals surface area contributed by atoms with E-state index < -0.39 is 0 Å². The summed E-state index contributed by atoms with van der Waals surface area (Å²) in [6, 6.07) is 13.8. The summed E-state index contributed by atoms with van der Waals surface area (Å²) in [7, 11) is 0. The Bertz CT molecular complexity index is 852. The van der Waals surface area contributed by atoms with Crippen LogP contribution in [0.2, 0.25) is 0 Å². The second-order valence-electron chi connectivity index (χ2n) is 6.74. The fraction of sp³-hybridized carbons (Fsp3) is 0.364. The minimum atomic E-state index is -0.143. The third-order valence-electron chi connectivity index (χ3n) is 4.45. The highest BCUT2D eigenvalue weighted by Gasteiger charge is 2.13. The van der Waals surface area contributed by atoms with Gasteiger partial charge in [0.2, 0.25) is 0 Å². The van der Waals surface area contributed by atoms with Crippen molar-refractivity contribution in [2.45, 2.75) is 13.5 Å². The van der Waals surface area contributed by atoms with Gasteiger partial charge in [-0.1, -0.05) is 12.1 Å². The Morgan fingerprint density at radius 1 is 1.17 bits per heavy atom. The van der Waals surface area contributed by atoms with Crippen LogP contribution in [0.15, 0.2) is 47.6 Å². The van der Waals surface area contributed by atoms with E-state index in [9.17, 15) is 4.79 Å². The number of morpholine rings is 1. The molecule has 1 amide bonds. The molecule has 0 aliphatic carbocycles. The third kappa shape index (κ3) is 7.26. The van der Waals surface area contributed by atoms with Gasteiger partial charge < -0.3 is 14.2 Å². The van der Waals surface area contributed by atoms with E-state index >= 15 is 0 Å². The zero-order valence-electron chi connectivity index (χ0n) is 17.0. The second kappa shape index (κ2) is 11.9. The van der Waals surface area contributed by atoms with Crippen molar-refractivity contribution < 1.29 is 19.0 Å². The molecule has 160 valence electrons. The van der Waals surface area contributed by atoms with Gasteiger partial charge >= 0.3 is 0 Å². The highest BCUT2D eigenvalue weighted by Crippen LogP contribution is 2.29. The lowest BCUT2D eigenvalue weighted by atomic mass is 10.2. The predicted molar refractivity (Wildman–Crippen MR) is 124 cm³/mol. The minimum absolute atomic E-state index is 0.143. The van der Waals surface area contributed by atoms with Crippen molar-refractivity contribution in [3.63, 3.8) is 0 Å². The van der Waals surface area contributed by atoms with Crippen LogP contribution in [0.3, 0.4) is 0 Å². The Labute approximate surface area is 190 Å². The van der Waals surface area contributed by atoms with Crippen LogP contribution in [-0.2, 0) is 16.1 Å². The molecular weight excluding hydrogens is 497 g/mol. The molecule has 1 N–H and O–H groups in total. The number of hydrogen-bond donors (Lipinski definition) is 1. The Morgan fingerprint density at radius 2 is 1.93 bits per heavy atom. The number of hydrogen-bond acceptors (Lipinski definition) is 6. The van der Waals surface area contributed by atoms with Gasteiger partial charge in [0.25, 0.3) is 5.91 Å². The van der Waals surface area contributed by atoms with Crippen molar-refractivity contribution in [1.29, 1.82) is 0 Å². The van der Waals surface area contributed by atoms with Crippen LogP contribution < -0.4 is 14.9 Å². The quantitative estimate of drug-likeness (QED) is 0.311. The first kappa shape index (κ1) is 22.5. The molecule has 1 saturated heterocycles. The van der Waals surface area contributed by atoms with Crippen LogP contribution in [0.1, 0.15) is 18.1 Å². The van der Waals surface area contributed by atoms with Crippen LogP contribution in [0.4, 0.5) is 0 Å². The van der Waals surface area contributed by atoms with Gasteiger partial charge in [0, 0.05) is 16.7 Å². The predicted octanol–water partition coefficient (Wildman–Crippen LogP) is 3.05. The standard InChI is InChI=1S/C22H26IN3O4/c1-2-29-21-13-18(14-24-25-22(27)15-26-9-11-28-12-10-26)5-8-20(21)30-16-17-3-6-19(23)7-4-17/h3-8,13-14H,2,9-12,15-16H2,1H3,(H,25,27)/b24-14+. The Kier molecular flexibility index (Phi) is 8.91. The Morgan fingerprint density at radius 3 is 2.67 bits per heavy atom. The molecule has 8 heteroatoms. The van der Waals surface area contributed by atoms with Gasteiger partial charge in [-0.05, 0) is 71.0 Å². The smallest absolute Gasteiger partial charge is 0.254 e. The summed E-state index contributed by atoms with van der Waals surface area (Å²) in [4.78, 5) is 14.1. The summed E-state index contributed by atoms with van der Waals surface area (Å²) in [6.07, 6.45) is 1.60. The number of rotatable bonds is 9. The zero-order chi connectivity index (χ0) is 21.2. The van der Waals surface area contributed by atoms with Crippen LogP contribution in [0, 0.1) is 3.57 Å². The summed E-state index contributed by atoms with van der Waals surface area (Å²) in [6.45, 7) is 6.07. The maximum atomic E-state index is 12.0. The summed E-state index contributed by atoms with van der Waals surface area (Å²) in [5.41, 5.74) is 4.47. The van der Waals surface area contributed by atoms with Gasteiger partial charge in [0.05, 0.1) is 32.6 Å².